The summed E-state index contributed by atoms with van der Waals surface area (Å²) in [5.74, 6) is 0.981. The molecule has 0 unspecified atom stereocenters. The highest BCUT2D eigenvalue weighted by Crippen LogP contribution is 2.27. The van der Waals surface area contributed by atoms with E-state index < -0.39 is 0 Å². The summed E-state index contributed by atoms with van der Waals surface area (Å²) in [6.07, 6.45) is 10.8. The van der Waals surface area contributed by atoms with E-state index in [-0.39, 0.29) is 0 Å². The molecule has 0 radical (unpaired) electrons. The largest absolute Gasteiger partial charge is 0.294 e. The quantitative estimate of drug-likeness (QED) is 0.642. The van der Waals surface area contributed by atoms with Crippen LogP contribution in [0.3, 0.4) is 0 Å². The van der Waals surface area contributed by atoms with Gasteiger partial charge in [0.15, 0.2) is 5.78 Å². The predicted molar refractivity (Wildman–Crippen MR) is 80.6 cm³/mol. The van der Waals surface area contributed by atoms with Crippen LogP contribution in [-0.2, 0) is 6.42 Å². The maximum Gasteiger partial charge on any atom is 0.163 e. The van der Waals surface area contributed by atoms with Crippen molar-refractivity contribution in [2.24, 2.45) is 5.92 Å². The summed E-state index contributed by atoms with van der Waals surface area (Å²) >= 11 is 0. The van der Waals surface area contributed by atoms with Gasteiger partial charge in [-0.25, -0.2) is 0 Å². The molecule has 104 valence electrons. The van der Waals surface area contributed by atoms with Crippen molar-refractivity contribution < 1.29 is 4.79 Å². The second-order valence-electron chi connectivity index (χ2n) is 5.93. The molecule has 0 N–H and O–H groups in total. The average Bonchev–Trinajstić information content (AvgIpc) is 2.46. The zero-order valence-corrected chi connectivity index (χ0v) is 12.2. The average molecular weight is 258 g/mol. The lowest BCUT2D eigenvalue weighted by Crippen LogP contribution is -2.12. The maximum atomic E-state index is 12.2. The first-order valence-electron chi connectivity index (χ1n) is 7.91. The third-order valence-electron chi connectivity index (χ3n) is 4.29. The van der Waals surface area contributed by atoms with Gasteiger partial charge in [-0.2, -0.15) is 0 Å². The molecule has 0 atom stereocenters. The Balaban J connectivity index is 1.87. The van der Waals surface area contributed by atoms with E-state index >= 15 is 0 Å². The Morgan fingerprint density at radius 2 is 1.79 bits per heavy atom. The number of hydrogen-bond donors (Lipinski definition) is 0. The van der Waals surface area contributed by atoms with Gasteiger partial charge >= 0.3 is 0 Å². The van der Waals surface area contributed by atoms with E-state index in [2.05, 4.69) is 19.1 Å². The van der Waals surface area contributed by atoms with Crippen molar-refractivity contribution in [1.29, 1.82) is 0 Å². The molecular weight excluding hydrogens is 232 g/mol. The van der Waals surface area contributed by atoms with Crippen molar-refractivity contribution in [2.75, 3.05) is 0 Å². The highest BCUT2D eigenvalue weighted by molar-refractivity contribution is 5.96. The molecule has 0 saturated heterocycles. The number of ketones is 1. The van der Waals surface area contributed by atoms with Gasteiger partial charge in [0.25, 0.3) is 0 Å². The molecule has 1 nitrogen and oxygen atoms in total. The van der Waals surface area contributed by atoms with Crippen LogP contribution in [0.1, 0.15) is 74.2 Å². The standard InChI is InChI=1S/C18H26O/c1-2-3-7-15-10-12-17(13-11-15)18(19)14-16-8-5-4-6-9-16/h10-13,16H,2-9,14H2,1H3. The molecule has 1 aromatic carbocycles. The fourth-order valence-corrected chi connectivity index (χ4v) is 3.01. The Labute approximate surface area is 117 Å². The van der Waals surface area contributed by atoms with Crippen molar-refractivity contribution in [1.82, 2.24) is 0 Å². The van der Waals surface area contributed by atoms with E-state index in [1.165, 1.54) is 50.5 Å². The van der Waals surface area contributed by atoms with Crippen LogP contribution < -0.4 is 0 Å². The van der Waals surface area contributed by atoms with Crippen molar-refractivity contribution in [2.45, 2.75) is 64.7 Å². The molecule has 0 amide bonds. The van der Waals surface area contributed by atoms with Crippen molar-refractivity contribution in [3.63, 3.8) is 0 Å². The first-order valence-corrected chi connectivity index (χ1v) is 7.91. The zero-order valence-electron chi connectivity index (χ0n) is 12.2. The topological polar surface area (TPSA) is 17.1 Å². The van der Waals surface area contributed by atoms with Gasteiger partial charge in [-0.1, -0.05) is 69.7 Å². The second-order valence-corrected chi connectivity index (χ2v) is 5.93. The van der Waals surface area contributed by atoms with E-state index in [1.54, 1.807) is 0 Å². The van der Waals surface area contributed by atoms with Gasteiger partial charge in [-0.3, -0.25) is 4.79 Å². The lowest BCUT2D eigenvalue weighted by atomic mass is 9.84. The molecule has 0 bridgehead atoms. The van der Waals surface area contributed by atoms with E-state index in [1.807, 2.05) is 12.1 Å². The van der Waals surface area contributed by atoms with Crippen LogP contribution in [0.15, 0.2) is 24.3 Å². The molecule has 0 heterocycles. The summed E-state index contributed by atoms with van der Waals surface area (Å²) in [6, 6.07) is 8.31. The van der Waals surface area contributed by atoms with Crippen LogP contribution in [0.5, 0.6) is 0 Å². The second kappa shape index (κ2) is 7.47. The number of benzene rings is 1. The van der Waals surface area contributed by atoms with Gasteiger partial charge < -0.3 is 0 Å². The molecule has 1 fully saturated rings. The summed E-state index contributed by atoms with van der Waals surface area (Å²) in [5.41, 5.74) is 2.27. The molecular formula is C18H26O. The van der Waals surface area contributed by atoms with Gasteiger partial charge in [0.2, 0.25) is 0 Å². The molecule has 1 saturated carbocycles. The van der Waals surface area contributed by atoms with Crippen LogP contribution >= 0.6 is 0 Å². The molecule has 0 aliphatic heterocycles. The first-order chi connectivity index (χ1) is 9.29. The number of unbranched alkanes of at least 4 members (excludes halogenated alkanes) is 1. The number of Topliss-reactive ketones (excluding diaryl/α,β-unsaturated/α-hetero) is 1. The summed E-state index contributed by atoms with van der Waals surface area (Å²) in [6.45, 7) is 2.21. The van der Waals surface area contributed by atoms with Crippen LogP contribution in [0.2, 0.25) is 0 Å². The van der Waals surface area contributed by atoms with Crippen LogP contribution in [0, 0.1) is 5.92 Å². The van der Waals surface area contributed by atoms with Gasteiger partial charge in [-0.05, 0) is 24.3 Å². The smallest absolute Gasteiger partial charge is 0.163 e. The summed E-state index contributed by atoms with van der Waals surface area (Å²) < 4.78 is 0. The Morgan fingerprint density at radius 1 is 1.11 bits per heavy atom. The monoisotopic (exact) mass is 258 g/mol. The first kappa shape index (κ1) is 14.3. The zero-order chi connectivity index (χ0) is 13.5. The molecule has 0 aromatic heterocycles. The van der Waals surface area contributed by atoms with Gasteiger partial charge in [0, 0.05) is 12.0 Å². The van der Waals surface area contributed by atoms with E-state index in [0.29, 0.717) is 11.7 Å². The van der Waals surface area contributed by atoms with Crippen LogP contribution in [0.4, 0.5) is 0 Å². The third-order valence-corrected chi connectivity index (χ3v) is 4.29. The van der Waals surface area contributed by atoms with Crippen molar-refractivity contribution in [3.8, 4) is 0 Å². The number of rotatable bonds is 6. The minimum absolute atomic E-state index is 0.342. The van der Waals surface area contributed by atoms with Gasteiger partial charge in [0.05, 0.1) is 0 Å². The Hall–Kier alpha value is -1.11. The predicted octanol–water partition coefficient (Wildman–Crippen LogP) is 5.18. The van der Waals surface area contributed by atoms with Gasteiger partial charge in [-0.15, -0.1) is 0 Å². The van der Waals surface area contributed by atoms with Crippen LogP contribution in [0.25, 0.3) is 0 Å². The van der Waals surface area contributed by atoms with Crippen LogP contribution in [-0.4, -0.2) is 5.78 Å². The molecule has 19 heavy (non-hydrogen) atoms. The Bertz CT molecular complexity index is 385. The lowest BCUT2D eigenvalue weighted by Gasteiger charge is -2.20. The van der Waals surface area contributed by atoms with E-state index in [9.17, 15) is 4.79 Å². The lowest BCUT2D eigenvalue weighted by molar-refractivity contribution is 0.0950. The molecule has 1 aliphatic carbocycles. The molecule has 1 aromatic rings. The molecule has 1 heteroatoms. The van der Waals surface area contributed by atoms with Crippen molar-refractivity contribution >= 4 is 5.78 Å². The number of carbonyl (C=O) groups excluding carboxylic acids is 1. The Morgan fingerprint density at radius 3 is 2.42 bits per heavy atom. The SMILES string of the molecule is CCCCc1ccc(C(=O)CC2CCCCC2)cc1. The summed E-state index contributed by atoms with van der Waals surface area (Å²) in [5, 5.41) is 0. The fourth-order valence-electron chi connectivity index (χ4n) is 3.01. The highest BCUT2D eigenvalue weighted by Gasteiger charge is 2.17. The number of carbonyl (C=O) groups is 1. The molecule has 1 aliphatic rings. The minimum atomic E-state index is 0.342. The van der Waals surface area contributed by atoms with E-state index in [0.717, 1.165) is 18.4 Å². The summed E-state index contributed by atoms with van der Waals surface area (Å²) in [7, 11) is 0. The third kappa shape index (κ3) is 4.49. The molecule has 2 rings (SSSR count). The van der Waals surface area contributed by atoms with Crippen molar-refractivity contribution in [3.05, 3.63) is 35.4 Å². The normalized spacial score (nSPS) is 16.5. The van der Waals surface area contributed by atoms with E-state index in [4.69, 9.17) is 0 Å². The minimum Gasteiger partial charge on any atom is -0.294 e. The maximum absolute atomic E-state index is 12.2. The van der Waals surface area contributed by atoms with Gasteiger partial charge in [0.1, 0.15) is 0 Å². The Kier molecular flexibility index (Phi) is 5.62. The fraction of sp³-hybridized carbons (Fsp3) is 0.611. The highest BCUT2D eigenvalue weighted by atomic mass is 16.1. The summed E-state index contributed by atoms with van der Waals surface area (Å²) in [4.78, 5) is 12.2. The molecule has 0 spiro atoms. The number of hydrogen-bond acceptors (Lipinski definition) is 1. The number of aryl methyl sites for hydroxylation is 1.